The van der Waals surface area contributed by atoms with Crippen LogP contribution in [-0.4, -0.2) is 0 Å². The third-order valence-corrected chi connectivity index (χ3v) is 3.14. The van der Waals surface area contributed by atoms with Gasteiger partial charge in [-0.1, -0.05) is 226 Å². The van der Waals surface area contributed by atoms with Crippen molar-refractivity contribution < 1.29 is 0 Å². The summed E-state index contributed by atoms with van der Waals surface area (Å²) in [5.74, 6) is 5.65. The lowest BCUT2D eigenvalue weighted by atomic mass is 10.5. The molecular formula is C41H76. The highest BCUT2D eigenvalue weighted by molar-refractivity contribution is 5.24. The quantitative estimate of drug-likeness (QED) is 0.255. The van der Waals surface area contributed by atoms with Gasteiger partial charge in [0.25, 0.3) is 0 Å². The molecule has 0 unspecified atom stereocenters. The summed E-state index contributed by atoms with van der Waals surface area (Å²) in [7, 11) is 0. The lowest BCUT2D eigenvalue weighted by Gasteiger charge is -1.57. The van der Waals surface area contributed by atoms with E-state index in [9.17, 15) is 0 Å². The van der Waals surface area contributed by atoms with E-state index < -0.39 is 0 Å². The van der Waals surface area contributed by atoms with Gasteiger partial charge >= 0.3 is 0 Å². The maximum absolute atomic E-state index is 2.86. The second-order valence-electron chi connectivity index (χ2n) is 5.30. The summed E-state index contributed by atoms with van der Waals surface area (Å²) in [6, 6.07) is 0. The van der Waals surface area contributed by atoms with Gasteiger partial charge in [-0.25, -0.2) is 0 Å². The Kier molecular flexibility index (Phi) is 140. The molecule has 0 aromatic heterocycles. The van der Waals surface area contributed by atoms with Crippen LogP contribution >= 0.6 is 0 Å². The van der Waals surface area contributed by atoms with Gasteiger partial charge in [-0.2, -0.15) is 0 Å². The molecule has 0 N–H and O–H groups in total. The predicted molar refractivity (Wildman–Crippen MR) is 204 cm³/mol. The van der Waals surface area contributed by atoms with Gasteiger partial charge in [0.2, 0.25) is 0 Å². The molecule has 240 valence electrons. The Hall–Kier alpha value is -2.78. The molecule has 0 aliphatic heterocycles. The van der Waals surface area contributed by atoms with E-state index in [1.807, 2.05) is 123 Å². The molecule has 0 saturated carbocycles. The van der Waals surface area contributed by atoms with Crippen molar-refractivity contribution in [2.45, 2.75) is 143 Å². The molecule has 0 nitrogen and oxygen atoms in total. The van der Waals surface area contributed by atoms with Crippen LogP contribution in [0.1, 0.15) is 143 Å². The van der Waals surface area contributed by atoms with E-state index in [-0.39, 0.29) is 0 Å². The van der Waals surface area contributed by atoms with E-state index in [1.165, 1.54) is 0 Å². The molecule has 0 saturated heterocycles. The summed E-state index contributed by atoms with van der Waals surface area (Å²) in [6.07, 6.45) is 42.8. The van der Waals surface area contributed by atoms with Gasteiger partial charge in [0, 0.05) is 6.42 Å². The Morgan fingerprint density at radius 3 is 0.537 bits per heavy atom. The minimum Gasteiger partial charge on any atom is -0.0943 e. The minimum atomic E-state index is 0.958. The van der Waals surface area contributed by atoms with Crippen molar-refractivity contribution in [2.75, 3.05) is 0 Å². The van der Waals surface area contributed by atoms with Crippen LogP contribution in [0.25, 0.3) is 0 Å². The molecule has 0 amide bonds. The van der Waals surface area contributed by atoms with E-state index in [0.717, 1.165) is 32.1 Å². The van der Waals surface area contributed by atoms with Gasteiger partial charge in [0.15, 0.2) is 0 Å². The zero-order chi connectivity index (χ0) is 33.7. The largest absolute Gasteiger partial charge is 0.0943 e. The monoisotopic (exact) mass is 569 g/mol. The Labute approximate surface area is 263 Å². The average Bonchev–Trinajstić information content (AvgIpc) is 3.97. The smallest absolute Gasteiger partial charge is 0.0282 e. The van der Waals surface area contributed by atoms with Gasteiger partial charge in [-0.05, 0) is 31.8 Å². The van der Waals surface area contributed by atoms with Crippen LogP contribution in [0.5, 0.6) is 0 Å². The van der Waals surface area contributed by atoms with Crippen LogP contribution in [0.3, 0.4) is 0 Å². The van der Waals surface area contributed by atoms with Crippen molar-refractivity contribution in [1.82, 2.24) is 0 Å². The first kappa shape index (κ1) is 58.0. The molecule has 0 bridgehead atoms. The molecule has 0 fully saturated rings. The van der Waals surface area contributed by atoms with Crippen molar-refractivity contribution in [2.24, 2.45) is 0 Å². The molecule has 0 aromatic carbocycles. The predicted octanol–water partition coefficient (Wildman–Crippen LogP) is 15.2. The number of hydrogen-bond donors (Lipinski definition) is 0. The van der Waals surface area contributed by atoms with Crippen LogP contribution in [0.15, 0.2) is 109 Å². The number of allylic oxidation sites excluding steroid dienone is 18. The summed E-state index contributed by atoms with van der Waals surface area (Å²) >= 11 is 0. The molecule has 41 heavy (non-hydrogen) atoms. The highest BCUT2D eigenvalue weighted by atomic mass is 13.8. The molecule has 0 atom stereocenters. The van der Waals surface area contributed by atoms with E-state index in [4.69, 9.17) is 0 Å². The molecule has 0 aromatic rings. The lowest BCUT2D eigenvalue weighted by Crippen LogP contribution is -1.39. The van der Waals surface area contributed by atoms with Crippen molar-refractivity contribution in [3.63, 3.8) is 0 Å². The molecule has 5 rings (SSSR count). The number of rotatable bonds is 0. The zero-order valence-corrected chi connectivity index (χ0v) is 30.9. The number of hydrogen-bond acceptors (Lipinski definition) is 0. The Morgan fingerprint density at radius 1 is 0.293 bits per heavy atom. The third-order valence-electron chi connectivity index (χ3n) is 3.14. The van der Waals surface area contributed by atoms with Crippen LogP contribution in [-0.2, 0) is 0 Å². The van der Waals surface area contributed by atoms with Gasteiger partial charge in [0.1, 0.15) is 0 Å². The van der Waals surface area contributed by atoms with Crippen LogP contribution < -0.4 is 0 Å². The molecule has 0 radical (unpaired) electrons. The van der Waals surface area contributed by atoms with Crippen LogP contribution in [0, 0.1) is 11.8 Å². The molecule has 0 heterocycles. The fourth-order valence-corrected chi connectivity index (χ4v) is 1.87. The van der Waals surface area contributed by atoms with Gasteiger partial charge in [-0.3, -0.25) is 0 Å². The molecule has 0 heteroatoms. The minimum absolute atomic E-state index is 0.958. The first-order valence-corrected chi connectivity index (χ1v) is 16.9. The van der Waals surface area contributed by atoms with Gasteiger partial charge in [0.05, 0.1) is 0 Å². The summed E-state index contributed by atoms with van der Waals surface area (Å²) in [5, 5.41) is 0. The Bertz CT molecular complexity index is 516. The summed E-state index contributed by atoms with van der Waals surface area (Å²) in [5.41, 5.74) is 0. The molecule has 5 aliphatic carbocycles. The fourth-order valence-electron chi connectivity index (χ4n) is 1.87. The van der Waals surface area contributed by atoms with Gasteiger partial charge in [-0.15, -0.1) is 0 Å². The maximum Gasteiger partial charge on any atom is 0.0282 e. The summed E-state index contributed by atoms with van der Waals surface area (Å²) < 4.78 is 0. The van der Waals surface area contributed by atoms with E-state index in [0.29, 0.717) is 0 Å². The topological polar surface area (TPSA) is 0 Å². The van der Waals surface area contributed by atoms with Crippen molar-refractivity contribution >= 4 is 0 Å². The lowest BCUT2D eigenvalue weighted by molar-refractivity contribution is 1.45. The van der Waals surface area contributed by atoms with Crippen molar-refractivity contribution in [1.29, 1.82) is 0 Å². The van der Waals surface area contributed by atoms with E-state index >= 15 is 0 Å². The van der Waals surface area contributed by atoms with E-state index in [2.05, 4.69) is 109 Å². The van der Waals surface area contributed by atoms with E-state index in [1.54, 1.807) is 0 Å². The maximum atomic E-state index is 2.86. The normalized spacial score (nSPS) is 11.5. The van der Waals surface area contributed by atoms with Crippen LogP contribution in [0.4, 0.5) is 0 Å². The van der Waals surface area contributed by atoms with Crippen LogP contribution in [0.2, 0.25) is 0 Å². The highest BCUT2D eigenvalue weighted by Crippen LogP contribution is 1.94. The fraction of sp³-hybridized carbons (Fsp3) is 0.512. The second kappa shape index (κ2) is 98.9. The second-order valence-corrected chi connectivity index (χ2v) is 5.30. The SMILES string of the molecule is C1#CCC=C1.C1=CCC=C1.C1=CCC=C1.C1=CCC=C1.C1=CCC=C1.CC.CC.CC.CC.CC.CC.CC.CC. The highest BCUT2D eigenvalue weighted by Gasteiger charge is 1.73. The zero-order valence-electron chi connectivity index (χ0n) is 30.9. The first-order valence-electron chi connectivity index (χ1n) is 16.9. The Balaban J connectivity index is -0.0000000495. The standard InChI is InChI=1S/4C5H6.C5H4.8C2H6/c5*1-2-4-5-3-1;8*1-2/h4*1-4H,5H2;1-2H,3H2;8*1-2H3. The Morgan fingerprint density at radius 2 is 0.488 bits per heavy atom. The molecular weight excluding hydrogens is 492 g/mol. The molecule has 5 aliphatic rings. The van der Waals surface area contributed by atoms with Gasteiger partial charge < -0.3 is 0 Å². The summed E-state index contributed by atoms with van der Waals surface area (Å²) in [6.45, 7) is 32.0. The molecule has 0 spiro atoms. The third kappa shape index (κ3) is 93.5. The first-order chi connectivity index (χ1) is 20.5. The summed E-state index contributed by atoms with van der Waals surface area (Å²) in [4.78, 5) is 0. The van der Waals surface area contributed by atoms with Crippen molar-refractivity contribution in [3.8, 4) is 11.8 Å². The average molecular weight is 569 g/mol. The van der Waals surface area contributed by atoms with Crippen molar-refractivity contribution in [3.05, 3.63) is 109 Å².